The van der Waals surface area contributed by atoms with Gasteiger partial charge in [-0.1, -0.05) is 47.5 Å². The molecule has 0 radical (unpaired) electrons. The molecule has 0 aromatic heterocycles. The first kappa shape index (κ1) is 42.2. The van der Waals surface area contributed by atoms with E-state index in [-0.39, 0.29) is 17.9 Å². The Kier molecular flexibility index (Phi) is 47.6. The average molecular weight is 495 g/mol. The van der Waals surface area contributed by atoms with Gasteiger partial charge in [-0.05, 0) is 51.9 Å². The van der Waals surface area contributed by atoms with Crippen molar-refractivity contribution in [1.29, 1.82) is 0 Å². The van der Waals surface area contributed by atoms with Gasteiger partial charge in [0.1, 0.15) is 6.29 Å². The van der Waals surface area contributed by atoms with E-state index in [9.17, 15) is 14.4 Å². The average Bonchev–Trinajstić information content (AvgIpc) is 2.70. The van der Waals surface area contributed by atoms with E-state index in [1.54, 1.807) is 6.92 Å². The highest BCUT2D eigenvalue weighted by Gasteiger charge is 1.98. The highest BCUT2D eigenvalue weighted by atomic mass is 16.5. The molecule has 0 heterocycles. The zero-order valence-corrected chi connectivity index (χ0v) is 23.6. The van der Waals surface area contributed by atoms with E-state index in [1.165, 1.54) is 20.8 Å². The van der Waals surface area contributed by atoms with Crippen LogP contribution < -0.4 is 0 Å². The van der Waals surface area contributed by atoms with Crippen LogP contribution in [0, 0.1) is 11.8 Å². The molecule has 0 saturated heterocycles. The second kappa shape index (κ2) is 38.3. The van der Waals surface area contributed by atoms with Gasteiger partial charge in [-0.3, -0.25) is 14.4 Å². The van der Waals surface area contributed by atoms with Crippen molar-refractivity contribution in [3.63, 3.8) is 0 Å². The van der Waals surface area contributed by atoms with Gasteiger partial charge in [-0.2, -0.15) is 0 Å². The molecule has 0 rings (SSSR count). The molecular weight excluding hydrogens is 440 g/mol. The number of hydrogen-bond acceptors (Lipinski definition) is 8. The summed E-state index contributed by atoms with van der Waals surface area (Å²) in [7, 11) is 0. The maximum absolute atomic E-state index is 10.7. The third-order valence-electron chi connectivity index (χ3n) is 3.34. The highest BCUT2D eigenvalue weighted by Crippen LogP contribution is 2.00. The number of ether oxygens (including phenoxy) is 3. The summed E-state index contributed by atoms with van der Waals surface area (Å²) in [5.41, 5.74) is 0. The van der Waals surface area contributed by atoms with Crippen LogP contribution in [0.2, 0.25) is 0 Å². The molecule has 0 amide bonds. The highest BCUT2D eigenvalue weighted by molar-refractivity contribution is 5.69. The van der Waals surface area contributed by atoms with Gasteiger partial charge in [-0.25, -0.2) is 0 Å². The Morgan fingerprint density at radius 3 is 1.47 bits per heavy atom. The summed E-state index contributed by atoms with van der Waals surface area (Å²) in [5, 5.41) is 8.24. The monoisotopic (exact) mass is 494 g/mol. The molecule has 0 aromatic rings. The second-order valence-corrected chi connectivity index (χ2v) is 7.85. The van der Waals surface area contributed by atoms with E-state index in [0.29, 0.717) is 44.7 Å². The lowest BCUT2D eigenvalue weighted by Crippen LogP contribution is -2.02. The summed E-state index contributed by atoms with van der Waals surface area (Å²) < 4.78 is 13.9. The fourth-order valence-corrected chi connectivity index (χ4v) is 1.65. The molecule has 0 saturated carbocycles. The normalized spacial score (nSPS) is 8.85. The van der Waals surface area contributed by atoms with Crippen LogP contribution >= 0.6 is 0 Å². The number of aliphatic hydroxyl groups is 1. The maximum Gasteiger partial charge on any atom is 0.305 e. The van der Waals surface area contributed by atoms with Crippen LogP contribution in [0.4, 0.5) is 0 Å². The smallest absolute Gasteiger partial charge is 0.305 e. The molecule has 0 spiro atoms. The molecule has 1 N–H and O–H groups in total. The van der Waals surface area contributed by atoms with E-state index in [0.717, 1.165) is 38.4 Å². The van der Waals surface area contributed by atoms with Crippen LogP contribution in [0.3, 0.4) is 0 Å². The van der Waals surface area contributed by atoms with Crippen LogP contribution in [-0.4, -0.2) is 55.7 Å². The molecular formula is C26H54O8. The summed E-state index contributed by atoms with van der Waals surface area (Å²) in [5.74, 6) is 0.809. The molecule has 0 aromatic carbocycles. The lowest BCUT2D eigenvalue weighted by Gasteiger charge is -2.02. The molecule has 0 fully saturated rings. The number of esters is 3. The minimum absolute atomic E-state index is 0.0593. The summed E-state index contributed by atoms with van der Waals surface area (Å²) in [6, 6.07) is 0. The van der Waals surface area contributed by atoms with Crippen LogP contribution in [0.25, 0.3) is 0 Å². The summed E-state index contributed by atoms with van der Waals surface area (Å²) in [6.45, 7) is 20.3. The van der Waals surface area contributed by atoms with Crippen LogP contribution in [0.5, 0.6) is 0 Å². The fourth-order valence-electron chi connectivity index (χ4n) is 1.65. The number of carbonyl (C=O) groups excluding carboxylic acids is 4. The van der Waals surface area contributed by atoms with Gasteiger partial charge in [0.2, 0.25) is 0 Å². The van der Waals surface area contributed by atoms with Gasteiger partial charge in [0, 0.05) is 26.9 Å². The fraction of sp³-hybridized carbons (Fsp3) is 0.846. The SMILES string of the molecule is CC(=O)OCCC(C)C.CC(C)CCO.CC=O.CCCCCC(=O)OCC.CCOC(C)=O. The molecule has 206 valence electrons. The molecule has 8 heteroatoms. The Morgan fingerprint density at radius 2 is 1.24 bits per heavy atom. The number of hydrogen-bond donors (Lipinski definition) is 1. The van der Waals surface area contributed by atoms with E-state index < -0.39 is 0 Å². The van der Waals surface area contributed by atoms with Crippen molar-refractivity contribution in [2.45, 2.75) is 108 Å². The van der Waals surface area contributed by atoms with Gasteiger partial charge in [0.05, 0.1) is 19.8 Å². The van der Waals surface area contributed by atoms with Crippen molar-refractivity contribution in [2.24, 2.45) is 11.8 Å². The van der Waals surface area contributed by atoms with Crippen molar-refractivity contribution in [1.82, 2.24) is 0 Å². The van der Waals surface area contributed by atoms with Crippen molar-refractivity contribution in [2.75, 3.05) is 26.4 Å². The standard InChI is InChI=1S/C8H16O2.C7H14O2.C5H12O.C4H8O2.C2H4O/c1-3-5-6-7-8(9)10-4-2;1-6(2)4-5-9-7(3)8;1-5(2)3-4-6;1-3-6-4(2)5;1-2-3/h3-7H2,1-2H3;6H,4-5H2,1-3H3;5-6H,3-4H2,1-2H3;3H2,1-2H3;2H,1H3. The molecule has 0 aliphatic rings. The zero-order chi connectivity index (χ0) is 27.8. The van der Waals surface area contributed by atoms with E-state index in [4.69, 9.17) is 19.4 Å². The minimum Gasteiger partial charge on any atom is -0.466 e. The third kappa shape index (κ3) is 77.8. The quantitative estimate of drug-likeness (QED) is 0.173. The first-order chi connectivity index (χ1) is 15.9. The van der Waals surface area contributed by atoms with Gasteiger partial charge < -0.3 is 24.1 Å². The number of aldehydes is 1. The Balaban J connectivity index is -0.000000108. The van der Waals surface area contributed by atoms with E-state index >= 15 is 0 Å². The zero-order valence-electron chi connectivity index (χ0n) is 23.6. The van der Waals surface area contributed by atoms with E-state index in [1.807, 2.05) is 6.92 Å². The van der Waals surface area contributed by atoms with Gasteiger partial charge in [0.25, 0.3) is 0 Å². The Bertz CT molecular complexity index is 435. The molecule has 0 aliphatic heterocycles. The molecule has 0 atom stereocenters. The van der Waals surface area contributed by atoms with Gasteiger partial charge >= 0.3 is 17.9 Å². The van der Waals surface area contributed by atoms with Crippen LogP contribution in [0.1, 0.15) is 108 Å². The number of rotatable bonds is 11. The van der Waals surface area contributed by atoms with Crippen molar-refractivity contribution >= 4 is 24.2 Å². The van der Waals surface area contributed by atoms with Crippen LogP contribution in [-0.2, 0) is 33.4 Å². The molecule has 0 aliphatic carbocycles. The molecule has 0 unspecified atom stereocenters. The van der Waals surface area contributed by atoms with Crippen molar-refractivity contribution in [3.8, 4) is 0 Å². The predicted octanol–water partition coefficient (Wildman–Crippen LogP) is 5.52. The lowest BCUT2D eigenvalue weighted by atomic mass is 10.1. The largest absolute Gasteiger partial charge is 0.466 e. The van der Waals surface area contributed by atoms with Crippen molar-refractivity contribution in [3.05, 3.63) is 0 Å². The van der Waals surface area contributed by atoms with Crippen molar-refractivity contribution < 1.29 is 38.5 Å². The maximum atomic E-state index is 10.7. The van der Waals surface area contributed by atoms with Gasteiger partial charge in [-0.15, -0.1) is 0 Å². The number of carbonyl (C=O) groups is 4. The molecule has 34 heavy (non-hydrogen) atoms. The predicted molar refractivity (Wildman–Crippen MR) is 137 cm³/mol. The molecule has 8 nitrogen and oxygen atoms in total. The number of aliphatic hydroxyl groups excluding tert-OH is 1. The Morgan fingerprint density at radius 1 is 0.794 bits per heavy atom. The Labute approximate surface area is 209 Å². The first-order valence-corrected chi connectivity index (χ1v) is 12.3. The first-order valence-electron chi connectivity index (χ1n) is 12.3. The van der Waals surface area contributed by atoms with Gasteiger partial charge in [0.15, 0.2) is 0 Å². The number of unbranched alkanes of at least 4 members (excludes halogenated alkanes) is 2. The van der Waals surface area contributed by atoms with E-state index in [2.05, 4.69) is 39.4 Å². The summed E-state index contributed by atoms with van der Waals surface area (Å²) >= 11 is 0. The Hall–Kier alpha value is -1.96. The second-order valence-electron chi connectivity index (χ2n) is 7.85. The minimum atomic E-state index is -0.211. The summed E-state index contributed by atoms with van der Waals surface area (Å²) in [6.07, 6.45) is 6.47. The third-order valence-corrected chi connectivity index (χ3v) is 3.34. The lowest BCUT2D eigenvalue weighted by molar-refractivity contribution is -0.143. The van der Waals surface area contributed by atoms with Crippen LogP contribution in [0.15, 0.2) is 0 Å². The molecule has 0 bridgehead atoms. The topological polar surface area (TPSA) is 116 Å². The summed E-state index contributed by atoms with van der Waals surface area (Å²) in [4.78, 5) is 39.5.